The highest BCUT2D eigenvalue weighted by molar-refractivity contribution is 7.90. The first-order valence-electron chi connectivity index (χ1n) is 11.1. The number of anilines is 2. The van der Waals surface area contributed by atoms with Crippen LogP contribution in [0.2, 0.25) is 0 Å². The average molecular weight is 470 g/mol. The predicted octanol–water partition coefficient (Wildman–Crippen LogP) is 3.34. The van der Waals surface area contributed by atoms with Crippen molar-refractivity contribution in [3.63, 3.8) is 0 Å². The van der Waals surface area contributed by atoms with E-state index in [2.05, 4.69) is 20.0 Å². The van der Waals surface area contributed by atoms with Crippen molar-refractivity contribution in [3.8, 4) is 11.1 Å². The Hall–Kier alpha value is -2.95. The van der Waals surface area contributed by atoms with Gasteiger partial charge in [-0.1, -0.05) is 12.1 Å². The average Bonchev–Trinajstić information content (AvgIpc) is 3.51. The molecule has 33 heavy (non-hydrogen) atoms. The Kier molecular flexibility index (Phi) is 5.59. The molecule has 3 aromatic rings. The van der Waals surface area contributed by atoms with E-state index in [9.17, 15) is 13.2 Å². The summed E-state index contributed by atoms with van der Waals surface area (Å²) < 4.78 is 35.4. The molecule has 10 heteroatoms. The Balaban J connectivity index is 1.38. The van der Waals surface area contributed by atoms with E-state index in [1.165, 1.54) is 4.31 Å². The molecule has 1 aliphatic heterocycles. The number of carbonyl (C=O) groups is 1. The molecule has 3 N–H and O–H groups in total. The van der Waals surface area contributed by atoms with Crippen molar-refractivity contribution in [3.05, 3.63) is 42.6 Å². The molecule has 5 rings (SSSR count). The first kappa shape index (κ1) is 21.9. The van der Waals surface area contributed by atoms with Crippen molar-refractivity contribution in [2.24, 2.45) is 5.92 Å². The van der Waals surface area contributed by atoms with Crippen LogP contribution in [0, 0.1) is 5.92 Å². The van der Waals surface area contributed by atoms with Crippen LogP contribution in [0.5, 0.6) is 0 Å². The SMILES string of the molecule is CC1CN(S(=O)(=O)Nc2ccc(-c3cc(NC(=O)C4CC4)nc4[nH]ccc34)cc2)CC(C)O1. The van der Waals surface area contributed by atoms with Gasteiger partial charge >= 0.3 is 10.2 Å². The highest BCUT2D eigenvalue weighted by Crippen LogP contribution is 2.33. The smallest absolute Gasteiger partial charge is 0.301 e. The summed E-state index contributed by atoms with van der Waals surface area (Å²) in [6, 6.07) is 11.0. The Labute approximate surface area is 192 Å². The summed E-state index contributed by atoms with van der Waals surface area (Å²) in [6.45, 7) is 4.36. The molecule has 1 aliphatic carbocycles. The van der Waals surface area contributed by atoms with E-state index in [1.807, 2.05) is 38.1 Å². The van der Waals surface area contributed by atoms with E-state index >= 15 is 0 Å². The molecule has 2 atom stereocenters. The topological polar surface area (TPSA) is 116 Å². The Morgan fingerprint density at radius 3 is 2.48 bits per heavy atom. The monoisotopic (exact) mass is 469 g/mol. The van der Waals surface area contributed by atoms with Crippen LogP contribution in [-0.2, 0) is 19.7 Å². The van der Waals surface area contributed by atoms with E-state index in [-0.39, 0.29) is 24.0 Å². The molecule has 1 amide bonds. The first-order valence-corrected chi connectivity index (χ1v) is 12.6. The summed E-state index contributed by atoms with van der Waals surface area (Å²) in [5.41, 5.74) is 2.95. The number of rotatable bonds is 6. The maximum Gasteiger partial charge on any atom is 0.301 e. The number of ether oxygens (including phenoxy) is 1. The molecule has 9 nitrogen and oxygen atoms in total. The summed E-state index contributed by atoms with van der Waals surface area (Å²) in [7, 11) is -3.69. The minimum atomic E-state index is -3.69. The number of aromatic amines is 1. The zero-order chi connectivity index (χ0) is 23.2. The standard InChI is InChI=1S/C23H27N5O4S/c1-14-12-28(13-15(2)32-14)33(30,31)27-18-7-5-16(6-8-18)20-11-21(26-23(29)17-3-4-17)25-22-19(20)9-10-24-22/h5-11,14-15,17,27H,3-4,12-13H2,1-2H3,(H2,24,25,26,29). The summed E-state index contributed by atoms with van der Waals surface area (Å²) in [4.78, 5) is 19.8. The number of benzene rings is 1. The number of hydrogen-bond acceptors (Lipinski definition) is 5. The van der Waals surface area contributed by atoms with Gasteiger partial charge in [-0.15, -0.1) is 0 Å². The van der Waals surface area contributed by atoms with Gasteiger partial charge in [0.05, 0.1) is 12.2 Å². The molecular weight excluding hydrogens is 442 g/mol. The molecule has 0 spiro atoms. The predicted molar refractivity (Wildman–Crippen MR) is 127 cm³/mol. The first-order chi connectivity index (χ1) is 15.8. The van der Waals surface area contributed by atoms with E-state index < -0.39 is 10.2 Å². The fourth-order valence-corrected chi connectivity index (χ4v) is 5.55. The van der Waals surface area contributed by atoms with Crippen LogP contribution < -0.4 is 10.0 Å². The highest BCUT2D eigenvalue weighted by atomic mass is 32.2. The minimum absolute atomic E-state index is 0.00383. The van der Waals surface area contributed by atoms with Gasteiger partial charge < -0.3 is 15.0 Å². The van der Waals surface area contributed by atoms with Gasteiger partial charge in [-0.25, -0.2) is 4.98 Å². The second kappa shape index (κ2) is 8.44. The molecule has 1 aromatic carbocycles. The van der Waals surface area contributed by atoms with Crippen LogP contribution in [0.25, 0.3) is 22.2 Å². The lowest BCUT2D eigenvalue weighted by Crippen LogP contribution is -2.49. The largest absolute Gasteiger partial charge is 0.373 e. The number of carbonyl (C=O) groups excluding carboxylic acids is 1. The lowest BCUT2D eigenvalue weighted by molar-refractivity contribution is -0.117. The quantitative estimate of drug-likeness (QED) is 0.512. The van der Waals surface area contributed by atoms with Gasteiger partial charge in [0.2, 0.25) is 5.91 Å². The molecule has 1 saturated heterocycles. The maximum absolute atomic E-state index is 12.9. The molecule has 2 fully saturated rings. The fourth-order valence-electron chi connectivity index (χ4n) is 4.17. The number of nitrogens with zero attached hydrogens (tertiary/aromatic N) is 2. The van der Waals surface area contributed by atoms with Crippen LogP contribution in [-0.4, -0.2) is 53.9 Å². The highest BCUT2D eigenvalue weighted by Gasteiger charge is 2.31. The number of pyridine rings is 1. The van der Waals surface area contributed by atoms with Gasteiger partial charge in [0.1, 0.15) is 11.5 Å². The van der Waals surface area contributed by atoms with Crippen molar-refractivity contribution >= 4 is 38.7 Å². The van der Waals surface area contributed by atoms with Crippen molar-refractivity contribution in [2.75, 3.05) is 23.1 Å². The minimum Gasteiger partial charge on any atom is -0.373 e. The summed E-state index contributed by atoms with van der Waals surface area (Å²) in [5.74, 6) is 0.576. The van der Waals surface area contributed by atoms with Gasteiger partial charge in [-0.05, 0) is 62.1 Å². The fraction of sp³-hybridized carbons (Fsp3) is 0.391. The Morgan fingerprint density at radius 1 is 1.12 bits per heavy atom. The number of hydrogen-bond donors (Lipinski definition) is 3. The molecule has 2 unspecified atom stereocenters. The van der Waals surface area contributed by atoms with Crippen LogP contribution in [0.3, 0.4) is 0 Å². The molecule has 2 aliphatic rings. The number of aromatic nitrogens is 2. The summed E-state index contributed by atoms with van der Waals surface area (Å²) >= 11 is 0. The lowest BCUT2D eigenvalue weighted by Gasteiger charge is -2.34. The lowest BCUT2D eigenvalue weighted by atomic mass is 10.0. The number of fused-ring (bicyclic) bond motifs is 1. The van der Waals surface area contributed by atoms with Crippen LogP contribution in [0.15, 0.2) is 42.6 Å². The molecule has 174 valence electrons. The van der Waals surface area contributed by atoms with E-state index in [1.54, 1.807) is 18.3 Å². The third kappa shape index (κ3) is 4.73. The number of H-pyrrole nitrogens is 1. The summed E-state index contributed by atoms with van der Waals surface area (Å²) in [5, 5.41) is 3.82. The molecular formula is C23H27N5O4S. The zero-order valence-electron chi connectivity index (χ0n) is 18.5. The van der Waals surface area contributed by atoms with Crippen molar-refractivity contribution in [2.45, 2.75) is 38.9 Å². The van der Waals surface area contributed by atoms with Gasteiger partial charge in [0, 0.05) is 36.3 Å². The number of amides is 1. The van der Waals surface area contributed by atoms with Crippen LogP contribution in [0.4, 0.5) is 11.5 Å². The molecule has 0 bridgehead atoms. The van der Waals surface area contributed by atoms with Crippen molar-refractivity contribution < 1.29 is 17.9 Å². The normalized spacial score (nSPS) is 21.8. The Bertz CT molecular complexity index is 1270. The van der Waals surface area contributed by atoms with Gasteiger partial charge in [0.25, 0.3) is 0 Å². The van der Waals surface area contributed by atoms with Crippen LogP contribution in [0.1, 0.15) is 26.7 Å². The summed E-state index contributed by atoms with van der Waals surface area (Å²) in [6.07, 6.45) is 3.34. The van der Waals surface area contributed by atoms with Gasteiger partial charge in [-0.2, -0.15) is 12.7 Å². The number of nitrogens with one attached hydrogen (secondary N) is 3. The second-order valence-electron chi connectivity index (χ2n) is 8.82. The van der Waals surface area contributed by atoms with Crippen LogP contribution >= 0.6 is 0 Å². The molecule has 1 saturated carbocycles. The van der Waals surface area contributed by atoms with Gasteiger partial charge in [0.15, 0.2) is 0 Å². The van der Waals surface area contributed by atoms with Gasteiger partial charge in [-0.3, -0.25) is 9.52 Å². The molecule has 0 radical (unpaired) electrons. The molecule has 3 heterocycles. The number of morpholine rings is 1. The maximum atomic E-state index is 12.9. The van der Waals surface area contributed by atoms with E-state index in [0.29, 0.717) is 30.2 Å². The third-order valence-corrected chi connectivity index (χ3v) is 7.37. The van der Waals surface area contributed by atoms with Crippen molar-refractivity contribution in [1.82, 2.24) is 14.3 Å². The van der Waals surface area contributed by atoms with Crippen molar-refractivity contribution in [1.29, 1.82) is 0 Å². The zero-order valence-corrected chi connectivity index (χ0v) is 19.4. The van der Waals surface area contributed by atoms with E-state index in [4.69, 9.17) is 4.74 Å². The second-order valence-corrected chi connectivity index (χ2v) is 10.5. The third-order valence-electron chi connectivity index (χ3n) is 5.90. The Morgan fingerprint density at radius 2 is 1.82 bits per heavy atom. The molecule has 2 aromatic heterocycles. The van der Waals surface area contributed by atoms with E-state index in [0.717, 1.165) is 29.4 Å².